The van der Waals surface area contributed by atoms with Crippen LogP contribution in [0.5, 0.6) is 0 Å². The number of alkyl carbamates (subject to hydrolysis) is 1. The Morgan fingerprint density at radius 2 is 2.00 bits per heavy atom. The predicted octanol–water partition coefficient (Wildman–Crippen LogP) is 1.20. The zero-order valence-electron chi connectivity index (χ0n) is 10.3. The molecule has 0 radical (unpaired) electrons. The molecule has 0 aliphatic heterocycles. The maximum atomic E-state index is 11.4. The lowest BCUT2D eigenvalue weighted by molar-refractivity contribution is -0.122. The highest BCUT2D eigenvalue weighted by atomic mass is 16.6. The Hall–Kier alpha value is -1.52. The van der Waals surface area contributed by atoms with Crippen LogP contribution in [0.25, 0.3) is 0 Å². The van der Waals surface area contributed by atoms with Crippen molar-refractivity contribution in [1.82, 2.24) is 10.6 Å². The second-order valence-corrected chi connectivity index (χ2v) is 4.40. The van der Waals surface area contributed by atoms with E-state index in [0.717, 1.165) is 0 Å². The van der Waals surface area contributed by atoms with Gasteiger partial charge in [0.15, 0.2) is 0 Å². The first-order valence-electron chi connectivity index (χ1n) is 5.14. The third-order valence-electron chi connectivity index (χ3n) is 1.55. The molecular weight excluding hydrogens is 208 g/mol. The summed E-state index contributed by atoms with van der Waals surface area (Å²) in [6.45, 7) is 10.7. The molecule has 0 spiro atoms. The number of carbonyl (C=O) groups excluding carboxylic acids is 2. The monoisotopic (exact) mass is 228 g/mol. The highest BCUT2D eigenvalue weighted by Gasteiger charge is 2.20. The van der Waals surface area contributed by atoms with Crippen molar-refractivity contribution >= 4 is 12.0 Å². The normalized spacial score (nSPS) is 12.5. The van der Waals surface area contributed by atoms with E-state index < -0.39 is 17.7 Å². The van der Waals surface area contributed by atoms with Crippen molar-refractivity contribution in [3.8, 4) is 0 Å². The first-order valence-corrected chi connectivity index (χ1v) is 5.14. The van der Waals surface area contributed by atoms with Crippen LogP contribution < -0.4 is 10.6 Å². The molecule has 5 nitrogen and oxygen atoms in total. The summed E-state index contributed by atoms with van der Waals surface area (Å²) in [4.78, 5) is 22.7. The minimum absolute atomic E-state index is 0.272. The minimum atomic E-state index is -0.630. The smallest absolute Gasteiger partial charge is 0.408 e. The number of nitrogens with one attached hydrogen (secondary N) is 2. The zero-order valence-corrected chi connectivity index (χ0v) is 10.3. The van der Waals surface area contributed by atoms with Crippen LogP contribution >= 0.6 is 0 Å². The van der Waals surface area contributed by atoms with E-state index in [1.807, 2.05) is 0 Å². The molecular formula is C11H20N2O3. The largest absolute Gasteiger partial charge is 0.444 e. The number of amides is 2. The fourth-order valence-corrected chi connectivity index (χ4v) is 0.876. The van der Waals surface area contributed by atoms with Gasteiger partial charge in [-0.25, -0.2) is 4.79 Å². The van der Waals surface area contributed by atoms with Gasteiger partial charge in [0.1, 0.15) is 11.6 Å². The van der Waals surface area contributed by atoms with Crippen LogP contribution in [0, 0.1) is 0 Å². The number of hydrogen-bond donors (Lipinski definition) is 2. The highest BCUT2D eigenvalue weighted by molar-refractivity contribution is 5.85. The molecule has 0 aliphatic rings. The molecule has 5 heteroatoms. The van der Waals surface area contributed by atoms with Crippen LogP contribution in [-0.2, 0) is 9.53 Å². The van der Waals surface area contributed by atoms with E-state index in [1.165, 1.54) is 0 Å². The Morgan fingerprint density at radius 3 is 2.44 bits per heavy atom. The summed E-state index contributed by atoms with van der Waals surface area (Å²) >= 11 is 0. The maximum absolute atomic E-state index is 11.4. The van der Waals surface area contributed by atoms with Crippen LogP contribution in [0.4, 0.5) is 4.79 Å². The molecule has 0 aromatic carbocycles. The lowest BCUT2D eigenvalue weighted by Gasteiger charge is -2.21. The molecule has 0 fully saturated rings. The average Bonchev–Trinajstić information content (AvgIpc) is 2.10. The highest BCUT2D eigenvalue weighted by Crippen LogP contribution is 2.06. The molecule has 0 aromatic rings. The van der Waals surface area contributed by atoms with Gasteiger partial charge in [-0.05, 0) is 27.7 Å². The Labute approximate surface area is 96.2 Å². The predicted molar refractivity (Wildman–Crippen MR) is 62.0 cm³/mol. The van der Waals surface area contributed by atoms with Gasteiger partial charge in [-0.1, -0.05) is 6.08 Å². The summed E-state index contributed by atoms with van der Waals surface area (Å²) in [5.41, 5.74) is -0.568. The van der Waals surface area contributed by atoms with Crippen LogP contribution in [0.2, 0.25) is 0 Å². The number of hydrogen-bond acceptors (Lipinski definition) is 3. The van der Waals surface area contributed by atoms with Gasteiger partial charge in [0.25, 0.3) is 0 Å². The second-order valence-electron chi connectivity index (χ2n) is 4.40. The zero-order chi connectivity index (χ0) is 12.8. The van der Waals surface area contributed by atoms with E-state index in [4.69, 9.17) is 4.74 Å². The first kappa shape index (κ1) is 14.5. The topological polar surface area (TPSA) is 67.4 Å². The van der Waals surface area contributed by atoms with Gasteiger partial charge in [-0.15, -0.1) is 6.58 Å². The van der Waals surface area contributed by atoms with Crippen LogP contribution in [0.3, 0.4) is 0 Å². The van der Waals surface area contributed by atoms with Gasteiger partial charge in [0.05, 0.1) is 0 Å². The van der Waals surface area contributed by atoms with Crippen molar-refractivity contribution in [2.75, 3.05) is 6.54 Å². The number of carbonyl (C=O) groups is 2. The van der Waals surface area contributed by atoms with E-state index >= 15 is 0 Å². The van der Waals surface area contributed by atoms with Gasteiger partial charge >= 0.3 is 6.09 Å². The Morgan fingerprint density at radius 1 is 1.44 bits per heavy atom. The minimum Gasteiger partial charge on any atom is -0.444 e. The molecule has 0 aromatic heterocycles. The van der Waals surface area contributed by atoms with Crippen molar-refractivity contribution in [2.45, 2.75) is 39.3 Å². The molecule has 16 heavy (non-hydrogen) atoms. The van der Waals surface area contributed by atoms with Gasteiger partial charge < -0.3 is 15.4 Å². The van der Waals surface area contributed by atoms with E-state index in [2.05, 4.69) is 17.2 Å². The number of rotatable bonds is 4. The lowest BCUT2D eigenvalue weighted by atomic mass is 10.2. The molecule has 0 aliphatic carbocycles. The van der Waals surface area contributed by atoms with Crippen molar-refractivity contribution < 1.29 is 14.3 Å². The molecule has 0 unspecified atom stereocenters. The van der Waals surface area contributed by atoms with Crippen LogP contribution in [-0.4, -0.2) is 30.2 Å². The second kappa shape index (κ2) is 6.15. The summed E-state index contributed by atoms with van der Waals surface area (Å²) in [5.74, 6) is -0.272. The third-order valence-corrected chi connectivity index (χ3v) is 1.55. The van der Waals surface area contributed by atoms with Gasteiger partial charge in [0, 0.05) is 6.54 Å². The molecule has 0 heterocycles. The Bertz CT molecular complexity index is 269. The molecule has 92 valence electrons. The summed E-state index contributed by atoms with van der Waals surface area (Å²) in [6.07, 6.45) is 0.965. The van der Waals surface area contributed by atoms with Crippen LogP contribution in [0.15, 0.2) is 12.7 Å². The third kappa shape index (κ3) is 6.86. The Kier molecular flexibility index (Phi) is 5.56. The molecule has 0 bridgehead atoms. The molecule has 0 saturated carbocycles. The SMILES string of the molecule is C=CCNC(=O)[C@@H](C)NC(=O)OC(C)(C)C. The van der Waals surface area contributed by atoms with Gasteiger partial charge in [-0.3, -0.25) is 4.79 Å². The Balaban J connectivity index is 4.04. The van der Waals surface area contributed by atoms with Crippen molar-refractivity contribution in [3.63, 3.8) is 0 Å². The molecule has 1 atom stereocenters. The van der Waals surface area contributed by atoms with Gasteiger partial charge in [-0.2, -0.15) is 0 Å². The van der Waals surface area contributed by atoms with Crippen molar-refractivity contribution in [1.29, 1.82) is 0 Å². The molecule has 2 N–H and O–H groups in total. The van der Waals surface area contributed by atoms with E-state index in [0.29, 0.717) is 6.54 Å². The van der Waals surface area contributed by atoms with Gasteiger partial charge in [0.2, 0.25) is 5.91 Å². The van der Waals surface area contributed by atoms with Crippen LogP contribution in [0.1, 0.15) is 27.7 Å². The first-order chi connectivity index (χ1) is 7.26. The summed E-state index contributed by atoms with van der Waals surface area (Å²) < 4.78 is 5.01. The molecule has 0 saturated heterocycles. The van der Waals surface area contributed by atoms with E-state index in [-0.39, 0.29) is 5.91 Å². The number of ether oxygens (including phenoxy) is 1. The van der Waals surface area contributed by atoms with E-state index in [1.54, 1.807) is 33.8 Å². The fraction of sp³-hybridized carbons (Fsp3) is 0.636. The van der Waals surface area contributed by atoms with Crippen molar-refractivity contribution in [2.24, 2.45) is 0 Å². The fourth-order valence-electron chi connectivity index (χ4n) is 0.876. The van der Waals surface area contributed by atoms with E-state index in [9.17, 15) is 9.59 Å². The molecule has 0 rings (SSSR count). The summed E-state index contributed by atoms with van der Waals surface area (Å²) in [6, 6.07) is -0.630. The lowest BCUT2D eigenvalue weighted by Crippen LogP contribution is -2.46. The summed E-state index contributed by atoms with van der Waals surface area (Å²) in [7, 11) is 0. The maximum Gasteiger partial charge on any atom is 0.408 e. The van der Waals surface area contributed by atoms with Crippen molar-refractivity contribution in [3.05, 3.63) is 12.7 Å². The molecule has 2 amide bonds. The quantitative estimate of drug-likeness (QED) is 0.710. The standard InChI is InChI=1S/C11H20N2O3/c1-6-7-12-9(14)8(2)13-10(15)16-11(3,4)5/h6,8H,1,7H2,2-5H3,(H,12,14)(H,13,15)/t8-/m1/s1. The average molecular weight is 228 g/mol. The summed E-state index contributed by atoms with van der Waals surface area (Å²) in [5, 5.41) is 5.01.